The number of piperidine rings is 1. The van der Waals surface area contributed by atoms with Crippen LogP contribution in [0.25, 0.3) is 0 Å². The van der Waals surface area contributed by atoms with E-state index >= 15 is 0 Å². The summed E-state index contributed by atoms with van der Waals surface area (Å²) in [5.41, 5.74) is 1.25. The molecular weight excluding hydrogens is 250 g/mol. The van der Waals surface area contributed by atoms with Gasteiger partial charge in [-0.15, -0.1) is 0 Å². The van der Waals surface area contributed by atoms with E-state index in [1.54, 1.807) is 0 Å². The molecule has 4 heteroatoms. The Bertz CT molecular complexity index is 431. The molecule has 1 aromatic rings. The molecule has 2 aliphatic rings. The third-order valence-corrected chi connectivity index (χ3v) is 4.20. The summed E-state index contributed by atoms with van der Waals surface area (Å²) in [6.45, 7) is 6.46. The lowest BCUT2D eigenvalue weighted by Crippen LogP contribution is -2.44. The van der Waals surface area contributed by atoms with Gasteiger partial charge in [0, 0.05) is 32.7 Å². The Hall–Kier alpha value is -1.26. The summed E-state index contributed by atoms with van der Waals surface area (Å²) in [4.78, 5) is 4.79. The lowest BCUT2D eigenvalue weighted by molar-refractivity contribution is 0.104. The minimum Gasteiger partial charge on any atom is -0.487 e. The number of rotatable bonds is 3. The van der Waals surface area contributed by atoms with Crippen molar-refractivity contribution in [1.29, 1.82) is 0 Å². The predicted octanol–water partition coefficient (Wildman–Crippen LogP) is 1.57. The van der Waals surface area contributed by atoms with Crippen molar-refractivity contribution >= 4 is 5.69 Å². The Morgan fingerprint density at radius 2 is 1.95 bits per heavy atom. The molecule has 2 aliphatic heterocycles. The SMILES string of the molecule is CN1CCC[C@@H](Oc2ccccc2N2CCNCC2)C1. The number of nitrogens with one attached hydrogen (secondary N) is 1. The molecule has 0 aromatic heterocycles. The zero-order valence-electron chi connectivity index (χ0n) is 12.3. The van der Waals surface area contributed by atoms with Gasteiger partial charge in [0.2, 0.25) is 0 Å². The van der Waals surface area contributed by atoms with Gasteiger partial charge in [-0.3, -0.25) is 0 Å². The van der Waals surface area contributed by atoms with E-state index in [0.29, 0.717) is 6.10 Å². The molecule has 0 saturated carbocycles. The van der Waals surface area contributed by atoms with Crippen LogP contribution in [0.15, 0.2) is 24.3 Å². The second kappa shape index (κ2) is 6.46. The Morgan fingerprint density at radius 3 is 2.75 bits per heavy atom. The van der Waals surface area contributed by atoms with Crippen LogP contribution in [-0.2, 0) is 0 Å². The van der Waals surface area contributed by atoms with Crippen LogP contribution >= 0.6 is 0 Å². The van der Waals surface area contributed by atoms with Gasteiger partial charge in [0.15, 0.2) is 0 Å². The highest BCUT2D eigenvalue weighted by molar-refractivity contribution is 5.58. The Labute approximate surface area is 121 Å². The molecule has 3 rings (SSSR count). The van der Waals surface area contributed by atoms with Crippen LogP contribution in [0.3, 0.4) is 0 Å². The minimum atomic E-state index is 0.331. The standard InChI is InChI=1S/C16H25N3O/c1-18-10-4-5-14(13-18)20-16-7-3-2-6-15(16)19-11-8-17-9-12-19/h2-3,6-7,14,17H,4-5,8-13H2,1H3/t14-/m1/s1. The zero-order chi connectivity index (χ0) is 13.8. The molecule has 2 saturated heterocycles. The van der Waals surface area contributed by atoms with Gasteiger partial charge in [0.1, 0.15) is 11.9 Å². The molecule has 110 valence electrons. The number of ether oxygens (including phenoxy) is 1. The van der Waals surface area contributed by atoms with Crippen LogP contribution in [0.1, 0.15) is 12.8 Å². The first-order valence-corrected chi connectivity index (χ1v) is 7.73. The zero-order valence-corrected chi connectivity index (χ0v) is 12.3. The molecule has 2 fully saturated rings. The number of benzene rings is 1. The monoisotopic (exact) mass is 275 g/mol. The fourth-order valence-corrected chi connectivity index (χ4v) is 3.12. The highest BCUT2D eigenvalue weighted by atomic mass is 16.5. The van der Waals surface area contributed by atoms with Gasteiger partial charge in [0.05, 0.1) is 5.69 Å². The molecule has 0 spiro atoms. The van der Waals surface area contributed by atoms with E-state index in [0.717, 1.165) is 38.5 Å². The van der Waals surface area contributed by atoms with Gasteiger partial charge in [-0.05, 0) is 38.6 Å². The molecule has 2 heterocycles. The van der Waals surface area contributed by atoms with Crippen molar-refractivity contribution in [3.63, 3.8) is 0 Å². The molecule has 1 N–H and O–H groups in total. The van der Waals surface area contributed by atoms with E-state index < -0.39 is 0 Å². The first-order valence-electron chi connectivity index (χ1n) is 7.73. The van der Waals surface area contributed by atoms with Crippen LogP contribution < -0.4 is 15.0 Å². The molecule has 0 bridgehead atoms. The number of likely N-dealkylation sites (tertiary alicyclic amines) is 1. The van der Waals surface area contributed by atoms with Crippen molar-refractivity contribution in [2.45, 2.75) is 18.9 Å². The molecular formula is C16H25N3O. The van der Waals surface area contributed by atoms with E-state index in [4.69, 9.17) is 4.74 Å². The van der Waals surface area contributed by atoms with Crippen molar-refractivity contribution in [2.75, 3.05) is 51.2 Å². The molecule has 1 atom stereocenters. The Kier molecular flexibility index (Phi) is 4.43. The van der Waals surface area contributed by atoms with Crippen LogP contribution in [0.5, 0.6) is 5.75 Å². The van der Waals surface area contributed by atoms with Crippen LogP contribution in [0.4, 0.5) is 5.69 Å². The third-order valence-electron chi connectivity index (χ3n) is 4.20. The summed E-state index contributed by atoms with van der Waals surface area (Å²) in [7, 11) is 2.18. The van der Waals surface area contributed by atoms with E-state index in [1.165, 1.54) is 25.1 Å². The van der Waals surface area contributed by atoms with E-state index in [2.05, 4.69) is 46.4 Å². The average molecular weight is 275 g/mol. The molecule has 20 heavy (non-hydrogen) atoms. The van der Waals surface area contributed by atoms with E-state index in [1.807, 2.05) is 0 Å². The number of piperazine rings is 1. The van der Waals surface area contributed by atoms with Crippen molar-refractivity contribution in [2.24, 2.45) is 0 Å². The van der Waals surface area contributed by atoms with E-state index in [9.17, 15) is 0 Å². The first-order chi connectivity index (χ1) is 9.83. The summed E-state index contributed by atoms with van der Waals surface area (Å²) >= 11 is 0. The fraction of sp³-hybridized carbons (Fsp3) is 0.625. The van der Waals surface area contributed by atoms with Crippen molar-refractivity contribution in [3.8, 4) is 5.75 Å². The van der Waals surface area contributed by atoms with Crippen LogP contribution in [0.2, 0.25) is 0 Å². The van der Waals surface area contributed by atoms with Crippen molar-refractivity contribution in [3.05, 3.63) is 24.3 Å². The predicted molar refractivity (Wildman–Crippen MR) is 82.7 cm³/mol. The number of nitrogens with zero attached hydrogens (tertiary/aromatic N) is 2. The maximum atomic E-state index is 6.31. The Morgan fingerprint density at radius 1 is 1.15 bits per heavy atom. The highest BCUT2D eigenvalue weighted by Crippen LogP contribution is 2.30. The van der Waals surface area contributed by atoms with Gasteiger partial charge in [0.25, 0.3) is 0 Å². The maximum absolute atomic E-state index is 6.31. The summed E-state index contributed by atoms with van der Waals surface area (Å²) < 4.78 is 6.31. The van der Waals surface area contributed by atoms with Gasteiger partial charge in [-0.2, -0.15) is 0 Å². The number of anilines is 1. The third kappa shape index (κ3) is 3.25. The summed E-state index contributed by atoms with van der Waals surface area (Å²) in [5.74, 6) is 1.05. The molecule has 0 amide bonds. The maximum Gasteiger partial charge on any atom is 0.143 e. The number of hydrogen-bond donors (Lipinski definition) is 1. The quantitative estimate of drug-likeness (QED) is 0.906. The number of para-hydroxylation sites is 2. The minimum absolute atomic E-state index is 0.331. The molecule has 1 aromatic carbocycles. The highest BCUT2D eigenvalue weighted by Gasteiger charge is 2.21. The summed E-state index contributed by atoms with van der Waals surface area (Å²) in [5, 5.41) is 3.40. The second-order valence-electron chi connectivity index (χ2n) is 5.85. The number of hydrogen-bond acceptors (Lipinski definition) is 4. The van der Waals surface area contributed by atoms with Gasteiger partial charge >= 0.3 is 0 Å². The molecule has 4 nitrogen and oxygen atoms in total. The topological polar surface area (TPSA) is 27.7 Å². The molecule has 0 unspecified atom stereocenters. The lowest BCUT2D eigenvalue weighted by atomic mass is 10.1. The summed E-state index contributed by atoms with van der Waals surface area (Å²) in [6.07, 6.45) is 2.73. The normalized spacial score (nSPS) is 24.6. The smallest absolute Gasteiger partial charge is 0.143 e. The van der Waals surface area contributed by atoms with Crippen LogP contribution in [-0.4, -0.2) is 57.3 Å². The van der Waals surface area contributed by atoms with Gasteiger partial charge < -0.3 is 19.9 Å². The average Bonchev–Trinajstić information content (AvgIpc) is 2.49. The fourth-order valence-electron chi connectivity index (χ4n) is 3.12. The molecule has 0 aliphatic carbocycles. The van der Waals surface area contributed by atoms with Gasteiger partial charge in [-0.25, -0.2) is 0 Å². The molecule has 0 radical (unpaired) electrons. The van der Waals surface area contributed by atoms with Crippen molar-refractivity contribution < 1.29 is 4.74 Å². The van der Waals surface area contributed by atoms with Crippen molar-refractivity contribution in [1.82, 2.24) is 10.2 Å². The number of likely N-dealkylation sites (N-methyl/N-ethyl adjacent to an activating group) is 1. The first kappa shape index (κ1) is 13.7. The largest absolute Gasteiger partial charge is 0.487 e. The van der Waals surface area contributed by atoms with Crippen LogP contribution in [0, 0.1) is 0 Å². The second-order valence-corrected chi connectivity index (χ2v) is 5.85. The lowest BCUT2D eigenvalue weighted by Gasteiger charge is -2.34. The van der Waals surface area contributed by atoms with Gasteiger partial charge in [-0.1, -0.05) is 12.1 Å². The Balaban J connectivity index is 1.71. The van der Waals surface area contributed by atoms with E-state index in [-0.39, 0.29) is 0 Å². The summed E-state index contributed by atoms with van der Waals surface area (Å²) in [6, 6.07) is 8.49.